The zero-order chi connectivity index (χ0) is 26.8. The van der Waals surface area contributed by atoms with Crippen LogP contribution in [0.4, 0.5) is 0 Å². The van der Waals surface area contributed by atoms with Crippen LogP contribution < -0.4 is 15.9 Å². The van der Waals surface area contributed by atoms with Crippen LogP contribution in [-0.2, 0) is 18.8 Å². The standard InChI is InChI=1S/C31H35O5P/c1-5-35-29(32)22-14-15-24(4)30(23(2)3)36-31(33)27-20-12-13-21-28(27)37(34,25-16-8-6-9-17-25)26-18-10-7-11-19-26/h6-14,16-24,30H,5,15H2,1-4H3/b22-14+/t24-,30-/m1/s1. The van der Waals surface area contributed by atoms with Crippen molar-refractivity contribution in [2.75, 3.05) is 6.61 Å². The summed E-state index contributed by atoms with van der Waals surface area (Å²) in [6, 6.07) is 25.5. The maximum atomic E-state index is 14.9. The van der Waals surface area contributed by atoms with Crippen molar-refractivity contribution in [2.24, 2.45) is 11.8 Å². The summed E-state index contributed by atoms with van der Waals surface area (Å²) in [7, 11) is -3.36. The molecule has 194 valence electrons. The molecule has 0 saturated heterocycles. The van der Waals surface area contributed by atoms with Gasteiger partial charge in [0.25, 0.3) is 0 Å². The number of benzene rings is 3. The Balaban J connectivity index is 1.96. The number of ether oxygens (including phenoxy) is 2. The van der Waals surface area contributed by atoms with E-state index in [0.717, 1.165) is 0 Å². The van der Waals surface area contributed by atoms with Gasteiger partial charge in [-0.1, -0.05) is 99.6 Å². The minimum atomic E-state index is -3.36. The normalized spacial score (nSPS) is 13.3. The Morgan fingerprint density at radius 3 is 1.92 bits per heavy atom. The van der Waals surface area contributed by atoms with Crippen LogP contribution in [0.1, 0.15) is 44.5 Å². The van der Waals surface area contributed by atoms with Gasteiger partial charge in [0.05, 0.1) is 12.2 Å². The second-order valence-corrected chi connectivity index (χ2v) is 12.0. The van der Waals surface area contributed by atoms with Crippen molar-refractivity contribution in [3.63, 3.8) is 0 Å². The van der Waals surface area contributed by atoms with Gasteiger partial charge < -0.3 is 14.0 Å². The number of esters is 2. The molecule has 0 aliphatic heterocycles. The maximum Gasteiger partial charge on any atom is 0.339 e. The summed E-state index contributed by atoms with van der Waals surface area (Å²) in [6.07, 6.45) is 3.30. The lowest BCUT2D eigenvalue weighted by atomic mass is 9.92. The minimum Gasteiger partial charge on any atom is -0.463 e. The van der Waals surface area contributed by atoms with Crippen molar-refractivity contribution in [2.45, 2.75) is 40.2 Å². The van der Waals surface area contributed by atoms with Gasteiger partial charge >= 0.3 is 11.9 Å². The molecule has 37 heavy (non-hydrogen) atoms. The third-order valence-electron chi connectivity index (χ3n) is 6.21. The topological polar surface area (TPSA) is 69.7 Å². The molecule has 0 heterocycles. The third kappa shape index (κ3) is 6.87. The molecule has 0 amide bonds. The van der Waals surface area contributed by atoms with E-state index < -0.39 is 19.2 Å². The monoisotopic (exact) mass is 518 g/mol. The van der Waals surface area contributed by atoms with Gasteiger partial charge in [0, 0.05) is 22.0 Å². The fourth-order valence-electron chi connectivity index (χ4n) is 4.42. The number of allylic oxidation sites excluding steroid dienone is 1. The first-order valence-corrected chi connectivity index (χ1v) is 14.3. The molecule has 3 rings (SSSR count). The van der Waals surface area contributed by atoms with Crippen molar-refractivity contribution in [3.8, 4) is 0 Å². The Hall–Kier alpha value is -3.43. The van der Waals surface area contributed by atoms with Gasteiger partial charge in [-0.25, -0.2) is 9.59 Å². The van der Waals surface area contributed by atoms with Gasteiger partial charge in [0.15, 0.2) is 7.14 Å². The van der Waals surface area contributed by atoms with Crippen LogP contribution >= 0.6 is 7.14 Å². The molecular formula is C31H35O5P. The van der Waals surface area contributed by atoms with Gasteiger partial charge in [-0.05, 0) is 37.3 Å². The minimum absolute atomic E-state index is 0.0390. The van der Waals surface area contributed by atoms with Crippen LogP contribution in [-0.4, -0.2) is 24.6 Å². The fourth-order valence-corrected chi connectivity index (χ4v) is 7.26. The molecule has 0 aliphatic carbocycles. The van der Waals surface area contributed by atoms with Crippen LogP contribution in [0.2, 0.25) is 0 Å². The number of hydrogen-bond acceptors (Lipinski definition) is 5. The molecule has 0 radical (unpaired) electrons. The molecule has 0 fully saturated rings. The lowest BCUT2D eigenvalue weighted by Crippen LogP contribution is -2.34. The van der Waals surface area contributed by atoms with Crippen LogP contribution in [0.5, 0.6) is 0 Å². The predicted octanol–water partition coefficient (Wildman–Crippen LogP) is 5.65. The van der Waals surface area contributed by atoms with Crippen molar-refractivity contribution in [1.29, 1.82) is 0 Å². The summed E-state index contributed by atoms with van der Waals surface area (Å²) >= 11 is 0. The Kier molecular flexibility index (Phi) is 10.0. The lowest BCUT2D eigenvalue weighted by molar-refractivity contribution is -0.137. The van der Waals surface area contributed by atoms with Crippen molar-refractivity contribution < 1.29 is 23.6 Å². The van der Waals surface area contributed by atoms with Crippen molar-refractivity contribution in [3.05, 3.63) is 103 Å². The van der Waals surface area contributed by atoms with E-state index in [4.69, 9.17) is 9.47 Å². The van der Waals surface area contributed by atoms with E-state index in [1.807, 2.05) is 81.4 Å². The highest BCUT2D eigenvalue weighted by atomic mass is 31.2. The van der Waals surface area contributed by atoms with Gasteiger partial charge in [-0.3, -0.25) is 0 Å². The SMILES string of the molecule is CCOC(=O)/C=C/C[C@@H](C)[C@H](OC(=O)c1ccccc1P(=O)(c1ccccc1)c1ccccc1)C(C)C. The summed E-state index contributed by atoms with van der Waals surface area (Å²) in [6.45, 7) is 8.05. The largest absolute Gasteiger partial charge is 0.463 e. The molecular weight excluding hydrogens is 483 g/mol. The van der Waals surface area contributed by atoms with Gasteiger partial charge in [0.2, 0.25) is 0 Å². The van der Waals surface area contributed by atoms with E-state index >= 15 is 0 Å². The predicted molar refractivity (Wildman–Crippen MR) is 149 cm³/mol. The molecule has 3 aromatic rings. The Bertz CT molecular complexity index is 1210. The number of hydrogen-bond donors (Lipinski definition) is 0. The van der Waals surface area contributed by atoms with Crippen molar-refractivity contribution >= 4 is 35.0 Å². The van der Waals surface area contributed by atoms with E-state index in [9.17, 15) is 14.2 Å². The summed E-state index contributed by atoms with van der Waals surface area (Å²) in [5, 5.41) is 1.76. The van der Waals surface area contributed by atoms with E-state index in [0.29, 0.717) is 34.5 Å². The molecule has 0 bridgehead atoms. The number of carbonyl (C=O) groups is 2. The summed E-state index contributed by atoms with van der Waals surface area (Å²) in [5.74, 6) is -0.907. The highest BCUT2D eigenvalue weighted by Crippen LogP contribution is 2.43. The second kappa shape index (κ2) is 13.2. The zero-order valence-electron chi connectivity index (χ0n) is 21.9. The highest BCUT2D eigenvalue weighted by molar-refractivity contribution is 7.85. The first-order chi connectivity index (χ1) is 17.8. The van der Waals surface area contributed by atoms with Gasteiger partial charge in [0.1, 0.15) is 6.10 Å². The number of carbonyl (C=O) groups excluding carboxylic acids is 2. The van der Waals surface area contributed by atoms with Crippen molar-refractivity contribution in [1.82, 2.24) is 0 Å². The molecule has 0 aromatic heterocycles. The Labute approximate surface area is 219 Å². The zero-order valence-corrected chi connectivity index (χ0v) is 22.8. The van der Waals surface area contributed by atoms with E-state index in [1.54, 1.807) is 37.3 Å². The molecule has 3 aromatic carbocycles. The molecule has 2 atom stereocenters. The highest BCUT2D eigenvalue weighted by Gasteiger charge is 2.35. The first-order valence-electron chi connectivity index (χ1n) is 12.6. The first kappa shape index (κ1) is 28.1. The molecule has 0 N–H and O–H groups in total. The van der Waals surface area contributed by atoms with Gasteiger partial charge in [-0.2, -0.15) is 0 Å². The maximum absolute atomic E-state index is 14.9. The van der Waals surface area contributed by atoms with Crippen LogP contribution in [0, 0.1) is 11.8 Å². The smallest absolute Gasteiger partial charge is 0.339 e. The van der Waals surface area contributed by atoms with E-state index in [1.165, 1.54) is 6.08 Å². The van der Waals surface area contributed by atoms with Crippen LogP contribution in [0.15, 0.2) is 97.1 Å². The van der Waals surface area contributed by atoms with Crippen LogP contribution in [0.3, 0.4) is 0 Å². The third-order valence-corrected chi connectivity index (χ3v) is 9.33. The summed E-state index contributed by atoms with van der Waals surface area (Å²) in [4.78, 5) is 25.3. The quantitative estimate of drug-likeness (QED) is 0.186. The molecule has 5 nitrogen and oxygen atoms in total. The summed E-state index contributed by atoms with van der Waals surface area (Å²) in [5.41, 5.74) is 0.290. The number of rotatable bonds is 11. The van der Waals surface area contributed by atoms with E-state index in [2.05, 4.69) is 0 Å². The average Bonchev–Trinajstić information content (AvgIpc) is 2.92. The lowest BCUT2D eigenvalue weighted by Gasteiger charge is -2.28. The van der Waals surface area contributed by atoms with Crippen LogP contribution in [0.25, 0.3) is 0 Å². The Morgan fingerprint density at radius 2 is 1.38 bits per heavy atom. The molecule has 0 saturated carbocycles. The molecule has 0 spiro atoms. The summed E-state index contributed by atoms with van der Waals surface area (Å²) < 4.78 is 25.9. The second-order valence-electron chi connectivity index (χ2n) is 9.28. The fraction of sp³-hybridized carbons (Fsp3) is 0.290. The average molecular weight is 519 g/mol. The van der Waals surface area contributed by atoms with E-state index in [-0.39, 0.29) is 17.8 Å². The Morgan fingerprint density at radius 1 is 0.838 bits per heavy atom. The molecule has 0 unspecified atom stereocenters. The van der Waals surface area contributed by atoms with Gasteiger partial charge in [-0.15, -0.1) is 0 Å². The molecule has 6 heteroatoms. The molecule has 0 aliphatic rings.